The average molecular weight is 322 g/mol. The molecular weight excluding hydrogens is 304 g/mol. The number of carbonyl (C=O) groups excluding carboxylic acids is 2. The first-order valence-corrected chi connectivity index (χ1v) is 7.35. The van der Waals surface area contributed by atoms with Crippen LogP contribution < -0.4 is 10.1 Å². The van der Waals surface area contributed by atoms with Gasteiger partial charge >= 0.3 is 11.7 Å². The van der Waals surface area contributed by atoms with Crippen LogP contribution >= 0.6 is 0 Å². The fraction of sp³-hybridized carbons (Fsp3) is 0.467. The predicted octanol–water partition coefficient (Wildman–Crippen LogP) is 1.82. The van der Waals surface area contributed by atoms with Crippen LogP contribution in [0.1, 0.15) is 37.0 Å². The predicted molar refractivity (Wildman–Crippen MR) is 80.3 cm³/mol. The van der Waals surface area contributed by atoms with Gasteiger partial charge in [0.1, 0.15) is 0 Å². The van der Waals surface area contributed by atoms with Crippen molar-refractivity contribution < 1.29 is 24.0 Å². The second kappa shape index (κ2) is 7.08. The Balaban J connectivity index is 2.07. The molecule has 1 aliphatic carbocycles. The third kappa shape index (κ3) is 4.41. The fourth-order valence-corrected chi connectivity index (χ4v) is 1.89. The molecule has 8 heteroatoms. The molecule has 0 radical (unpaired) electrons. The number of nitrogens with zero attached hydrogens (tertiary/aromatic N) is 1. The van der Waals surface area contributed by atoms with E-state index in [2.05, 4.69) is 5.32 Å². The van der Waals surface area contributed by atoms with Gasteiger partial charge in [0.25, 0.3) is 5.91 Å². The zero-order valence-electron chi connectivity index (χ0n) is 12.9. The molecule has 0 heterocycles. The summed E-state index contributed by atoms with van der Waals surface area (Å²) in [5, 5.41) is 13.8. The van der Waals surface area contributed by atoms with E-state index >= 15 is 0 Å². The van der Waals surface area contributed by atoms with Crippen molar-refractivity contribution >= 4 is 17.6 Å². The molecule has 8 nitrogen and oxygen atoms in total. The quantitative estimate of drug-likeness (QED) is 0.466. The molecule has 124 valence electrons. The van der Waals surface area contributed by atoms with Gasteiger partial charge in [-0.25, -0.2) is 4.79 Å². The van der Waals surface area contributed by atoms with Gasteiger partial charge in [-0.05, 0) is 38.8 Å². The summed E-state index contributed by atoms with van der Waals surface area (Å²) in [7, 11) is 0. The maximum Gasteiger partial charge on any atom is 0.339 e. The standard InChI is InChI=1S/C15H18N2O6/c1-3-22-13-7-4-10(8-12(13)17(20)21)15(19)23-9(2)14(18)16-11-5-6-11/h4,7-9,11H,3,5-6H2,1-2H3,(H,16,18). The van der Waals surface area contributed by atoms with Crippen molar-refractivity contribution in [3.63, 3.8) is 0 Å². The average Bonchev–Trinajstić information content (AvgIpc) is 3.31. The van der Waals surface area contributed by atoms with Crippen LogP contribution in [-0.2, 0) is 9.53 Å². The van der Waals surface area contributed by atoms with E-state index in [1.807, 2.05) is 0 Å². The van der Waals surface area contributed by atoms with Crippen molar-refractivity contribution in [2.45, 2.75) is 38.8 Å². The number of hydrogen-bond acceptors (Lipinski definition) is 6. The van der Waals surface area contributed by atoms with Gasteiger partial charge in [0.15, 0.2) is 11.9 Å². The number of benzene rings is 1. The Morgan fingerprint density at radius 1 is 1.43 bits per heavy atom. The minimum atomic E-state index is -0.964. The van der Waals surface area contributed by atoms with Gasteiger partial charge in [0.2, 0.25) is 0 Å². The first-order chi connectivity index (χ1) is 10.9. The van der Waals surface area contributed by atoms with Gasteiger partial charge in [0.05, 0.1) is 17.1 Å². The Hall–Kier alpha value is -2.64. The SMILES string of the molecule is CCOc1ccc(C(=O)OC(C)C(=O)NC2CC2)cc1[N+](=O)[O-]. The lowest BCUT2D eigenvalue weighted by molar-refractivity contribution is -0.385. The summed E-state index contributed by atoms with van der Waals surface area (Å²) < 4.78 is 10.2. The summed E-state index contributed by atoms with van der Waals surface area (Å²) >= 11 is 0. The van der Waals surface area contributed by atoms with Crippen LogP contribution in [0.5, 0.6) is 5.75 Å². The summed E-state index contributed by atoms with van der Waals surface area (Å²) in [6.07, 6.45) is 0.892. The molecule has 1 aromatic rings. The highest BCUT2D eigenvalue weighted by Crippen LogP contribution is 2.28. The smallest absolute Gasteiger partial charge is 0.339 e. The van der Waals surface area contributed by atoms with Gasteiger partial charge in [-0.3, -0.25) is 14.9 Å². The summed E-state index contributed by atoms with van der Waals surface area (Å²) in [5.41, 5.74) is -0.331. The highest BCUT2D eigenvalue weighted by Gasteiger charge is 2.28. The molecule has 1 aliphatic rings. The molecule has 1 unspecified atom stereocenters. The van der Waals surface area contributed by atoms with Crippen LogP contribution in [0.4, 0.5) is 5.69 Å². The third-order valence-corrected chi connectivity index (χ3v) is 3.27. The lowest BCUT2D eigenvalue weighted by atomic mass is 10.2. The molecule has 0 saturated heterocycles. The van der Waals surface area contributed by atoms with Crippen molar-refractivity contribution in [2.24, 2.45) is 0 Å². The van der Waals surface area contributed by atoms with Gasteiger partial charge in [0, 0.05) is 12.1 Å². The first kappa shape index (κ1) is 16.7. The molecule has 1 N–H and O–H groups in total. The van der Waals surface area contributed by atoms with Crippen LogP contribution in [0.3, 0.4) is 0 Å². The maximum absolute atomic E-state index is 12.0. The van der Waals surface area contributed by atoms with Crippen LogP contribution in [0, 0.1) is 10.1 Å². The molecule has 0 aromatic heterocycles. The molecule has 0 bridgehead atoms. The number of nitro benzene ring substituents is 1. The van der Waals surface area contributed by atoms with E-state index in [0.29, 0.717) is 0 Å². The second-order valence-electron chi connectivity index (χ2n) is 5.20. The van der Waals surface area contributed by atoms with Crippen LogP contribution in [-0.4, -0.2) is 35.6 Å². The Morgan fingerprint density at radius 2 is 2.13 bits per heavy atom. The first-order valence-electron chi connectivity index (χ1n) is 7.35. The van der Waals surface area contributed by atoms with E-state index in [-0.39, 0.29) is 35.6 Å². The molecule has 1 aromatic carbocycles. The Labute approximate surface area is 132 Å². The molecule has 1 atom stereocenters. The van der Waals surface area contributed by atoms with Gasteiger partial charge < -0.3 is 14.8 Å². The molecule has 1 fully saturated rings. The number of carbonyl (C=O) groups is 2. The number of esters is 1. The molecule has 2 rings (SSSR count). The zero-order chi connectivity index (χ0) is 17.0. The normalized spacial score (nSPS) is 14.7. The molecule has 1 saturated carbocycles. The largest absolute Gasteiger partial charge is 0.487 e. The molecule has 0 aliphatic heterocycles. The molecule has 23 heavy (non-hydrogen) atoms. The Morgan fingerprint density at radius 3 is 2.70 bits per heavy atom. The van der Waals surface area contributed by atoms with Crippen molar-refractivity contribution in [2.75, 3.05) is 6.61 Å². The fourth-order valence-electron chi connectivity index (χ4n) is 1.89. The van der Waals surface area contributed by atoms with E-state index in [0.717, 1.165) is 18.9 Å². The number of hydrogen-bond donors (Lipinski definition) is 1. The number of nitro groups is 1. The second-order valence-corrected chi connectivity index (χ2v) is 5.20. The molecule has 1 amide bonds. The minimum absolute atomic E-state index is 0.00812. The molecule has 0 spiro atoms. The summed E-state index contributed by atoms with van der Waals surface area (Å²) in [5.74, 6) is -1.09. The minimum Gasteiger partial charge on any atom is -0.487 e. The van der Waals surface area contributed by atoms with E-state index in [4.69, 9.17) is 9.47 Å². The third-order valence-electron chi connectivity index (χ3n) is 3.27. The number of rotatable bonds is 7. The maximum atomic E-state index is 12.0. The topological polar surface area (TPSA) is 108 Å². The molecular formula is C15H18N2O6. The highest BCUT2D eigenvalue weighted by molar-refractivity contribution is 5.93. The zero-order valence-corrected chi connectivity index (χ0v) is 12.9. The summed E-state index contributed by atoms with van der Waals surface area (Å²) in [4.78, 5) is 34.2. The summed E-state index contributed by atoms with van der Waals surface area (Å²) in [6.45, 7) is 3.42. The number of ether oxygens (including phenoxy) is 2. The Bertz CT molecular complexity index is 626. The van der Waals surface area contributed by atoms with Gasteiger partial charge in [-0.1, -0.05) is 0 Å². The lowest BCUT2D eigenvalue weighted by Gasteiger charge is -2.13. The van der Waals surface area contributed by atoms with E-state index < -0.39 is 17.0 Å². The van der Waals surface area contributed by atoms with E-state index in [1.165, 1.54) is 19.1 Å². The monoisotopic (exact) mass is 322 g/mol. The van der Waals surface area contributed by atoms with Crippen LogP contribution in [0.15, 0.2) is 18.2 Å². The van der Waals surface area contributed by atoms with Gasteiger partial charge in [-0.2, -0.15) is 0 Å². The number of amides is 1. The van der Waals surface area contributed by atoms with Crippen LogP contribution in [0.25, 0.3) is 0 Å². The van der Waals surface area contributed by atoms with Crippen molar-refractivity contribution in [1.29, 1.82) is 0 Å². The van der Waals surface area contributed by atoms with E-state index in [9.17, 15) is 19.7 Å². The Kier molecular flexibility index (Phi) is 5.15. The van der Waals surface area contributed by atoms with Crippen molar-refractivity contribution in [3.8, 4) is 5.75 Å². The number of nitrogens with one attached hydrogen (secondary N) is 1. The lowest BCUT2D eigenvalue weighted by Crippen LogP contribution is -2.37. The van der Waals surface area contributed by atoms with Gasteiger partial charge in [-0.15, -0.1) is 0 Å². The summed E-state index contributed by atoms with van der Waals surface area (Å²) in [6, 6.07) is 3.95. The van der Waals surface area contributed by atoms with Crippen molar-refractivity contribution in [1.82, 2.24) is 5.32 Å². The van der Waals surface area contributed by atoms with Crippen molar-refractivity contribution in [3.05, 3.63) is 33.9 Å². The highest BCUT2D eigenvalue weighted by atomic mass is 16.6. The van der Waals surface area contributed by atoms with Crippen LogP contribution in [0.2, 0.25) is 0 Å². The van der Waals surface area contributed by atoms with E-state index in [1.54, 1.807) is 6.92 Å².